The first kappa shape index (κ1) is 13.8. The molecule has 2 heterocycles. The van der Waals surface area contributed by atoms with Crippen molar-refractivity contribution in [3.05, 3.63) is 48.8 Å². The largest absolute Gasteiger partial charge is 2.00 e. The molecular weight excluding hydrogens is 381 g/mol. The predicted octanol–water partition coefficient (Wildman–Crippen LogP) is 0.308. The van der Waals surface area contributed by atoms with E-state index in [2.05, 4.69) is 9.97 Å². The number of aromatic nitrogens is 2. The first-order chi connectivity index (χ1) is 6.79. The molecule has 0 saturated carbocycles. The SMILES string of the molecule is [Hg+2].[O-]c1ccccn1.[O-]c1ccccn1. The Hall–Kier alpha value is -1.16. The summed E-state index contributed by atoms with van der Waals surface area (Å²) >= 11 is 0. The number of hydrogen-bond donors (Lipinski definition) is 0. The van der Waals surface area contributed by atoms with E-state index in [1.807, 2.05) is 0 Å². The van der Waals surface area contributed by atoms with Gasteiger partial charge < -0.3 is 10.2 Å². The Kier molecular flexibility index (Phi) is 7.53. The van der Waals surface area contributed by atoms with Crippen LogP contribution in [-0.4, -0.2) is 9.97 Å². The van der Waals surface area contributed by atoms with Gasteiger partial charge in [0, 0.05) is 12.4 Å². The first-order valence-electron chi connectivity index (χ1n) is 3.95. The van der Waals surface area contributed by atoms with Gasteiger partial charge in [-0.25, -0.2) is 0 Å². The van der Waals surface area contributed by atoms with Crippen molar-refractivity contribution in [2.75, 3.05) is 0 Å². The van der Waals surface area contributed by atoms with Crippen LogP contribution >= 0.6 is 0 Å². The number of hydrogen-bond acceptors (Lipinski definition) is 4. The van der Waals surface area contributed by atoms with Crippen LogP contribution in [0.25, 0.3) is 0 Å². The topological polar surface area (TPSA) is 71.9 Å². The second-order valence-corrected chi connectivity index (χ2v) is 2.34. The summed E-state index contributed by atoms with van der Waals surface area (Å²) in [6.07, 6.45) is 2.95. The van der Waals surface area contributed by atoms with Crippen molar-refractivity contribution in [2.24, 2.45) is 0 Å². The summed E-state index contributed by atoms with van der Waals surface area (Å²) in [6, 6.07) is 9.58. The maximum Gasteiger partial charge on any atom is 2.00 e. The summed E-state index contributed by atoms with van der Waals surface area (Å²) in [4.78, 5) is 6.85. The minimum Gasteiger partial charge on any atom is -0.859 e. The van der Waals surface area contributed by atoms with E-state index in [0.717, 1.165) is 0 Å². The van der Waals surface area contributed by atoms with Crippen LogP contribution in [0.15, 0.2) is 48.8 Å². The smallest absolute Gasteiger partial charge is 0.859 e. The quantitative estimate of drug-likeness (QED) is 0.609. The fourth-order valence-electron chi connectivity index (χ4n) is 0.694. The van der Waals surface area contributed by atoms with E-state index in [0.29, 0.717) is 0 Å². The molecule has 0 atom stereocenters. The third-order valence-electron chi connectivity index (χ3n) is 1.28. The van der Waals surface area contributed by atoms with Crippen molar-refractivity contribution in [3.8, 4) is 11.8 Å². The third kappa shape index (κ3) is 6.85. The minimum atomic E-state index is -0.178. The molecule has 0 bridgehead atoms. The second-order valence-electron chi connectivity index (χ2n) is 2.34. The molecule has 5 heteroatoms. The fraction of sp³-hybridized carbons (Fsp3) is 0. The zero-order chi connectivity index (χ0) is 10.2. The van der Waals surface area contributed by atoms with Crippen molar-refractivity contribution >= 4 is 0 Å². The van der Waals surface area contributed by atoms with Gasteiger partial charge >= 0.3 is 27.7 Å². The molecule has 72 valence electrons. The fourth-order valence-corrected chi connectivity index (χ4v) is 0.694. The van der Waals surface area contributed by atoms with Gasteiger partial charge in [-0.15, -0.1) is 0 Å². The van der Waals surface area contributed by atoms with Gasteiger partial charge in [-0.3, -0.25) is 9.97 Å². The van der Waals surface area contributed by atoms with E-state index in [9.17, 15) is 10.2 Å². The summed E-state index contributed by atoms with van der Waals surface area (Å²) in [5, 5.41) is 20.3. The number of nitrogens with zero attached hydrogens (tertiary/aromatic N) is 2. The molecular formula is C10H8HgN2O2. The molecule has 0 saturated heterocycles. The van der Waals surface area contributed by atoms with Gasteiger partial charge in [-0.1, -0.05) is 24.3 Å². The van der Waals surface area contributed by atoms with E-state index >= 15 is 0 Å². The first-order valence-corrected chi connectivity index (χ1v) is 3.95. The van der Waals surface area contributed by atoms with Gasteiger partial charge in [0.25, 0.3) is 0 Å². The van der Waals surface area contributed by atoms with Gasteiger partial charge in [0.2, 0.25) is 0 Å². The minimum absolute atomic E-state index is 0. The van der Waals surface area contributed by atoms with Gasteiger partial charge in [0.05, 0.1) is 0 Å². The molecule has 4 nitrogen and oxygen atoms in total. The zero-order valence-electron chi connectivity index (χ0n) is 8.04. The van der Waals surface area contributed by atoms with Crippen molar-refractivity contribution in [1.29, 1.82) is 0 Å². The Morgan fingerprint density at radius 3 is 1.27 bits per heavy atom. The average molecular weight is 389 g/mol. The normalized spacial score (nSPS) is 8.00. The van der Waals surface area contributed by atoms with E-state index in [1.54, 1.807) is 24.3 Å². The Bertz CT molecular complexity index is 319. The molecule has 2 aromatic heterocycles. The van der Waals surface area contributed by atoms with Gasteiger partial charge in [0.15, 0.2) is 0 Å². The monoisotopic (exact) mass is 390 g/mol. The maximum atomic E-state index is 10.2. The molecule has 0 aliphatic rings. The molecule has 2 rings (SSSR count). The summed E-state index contributed by atoms with van der Waals surface area (Å²) in [6.45, 7) is 0. The molecule has 2 aromatic rings. The number of rotatable bonds is 0. The summed E-state index contributed by atoms with van der Waals surface area (Å²) in [7, 11) is 0. The van der Waals surface area contributed by atoms with Crippen LogP contribution in [-0.2, 0) is 27.7 Å². The van der Waals surface area contributed by atoms with E-state index in [4.69, 9.17) is 0 Å². The summed E-state index contributed by atoms with van der Waals surface area (Å²) in [5.74, 6) is -0.356. The van der Waals surface area contributed by atoms with Crippen LogP contribution in [0.3, 0.4) is 0 Å². The van der Waals surface area contributed by atoms with Gasteiger partial charge in [-0.05, 0) is 23.9 Å². The molecule has 0 fully saturated rings. The summed E-state index contributed by atoms with van der Waals surface area (Å²) in [5.41, 5.74) is 0. The van der Waals surface area contributed by atoms with Gasteiger partial charge in [-0.2, -0.15) is 0 Å². The zero-order valence-corrected chi connectivity index (χ0v) is 13.5. The number of pyridine rings is 2. The molecule has 0 aromatic carbocycles. The van der Waals surface area contributed by atoms with Crippen LogP contribution < -0.4 is 10.2 Å². The maximum absolute atomic E-state index is 10.2. The Morgan fingerprint density at radius 2 is 1.13 bits per heavy atom. The second kappa shape index (κ2) is 8.17. The van der Waals surface area contributed by atoms with Crippen molar-refractivity contribution in [3.63, 3.8) is 0 Å². The molecule has 15 heavy (non-hydrogen) atoms. The molecule has 0 N–H and O–H groups in total. The van der Waals surface area contributed by atoms with Crippen molar-refractivity contribution in [1.82, 2.24) is 9.97 Å². The van der Waals surface area contributed by atoms with Crippen LogP contribution in [0.1, 0.15) is 0 Å². The molecule has 0 unspecified atom stereocenters. The molecule has 0 amide bonds. The van der Waals surface area contributed by atoms with Crippen molar-refractivity contribution < 1.29 is 37.9 Å². The third-order valence-corrected chi connectivity index (χ3v) is 1.28. The van der Waals surface area contributed by atoms with Crippen LogP contribution in [0.2, 0.25) is 0 Å². The Labute approximate surface area is 108 Å². The van der Waals surface area contributed by atoms with Crippen molar-refractivity contribution in [2.45, 2.75) is 0 Å². The molecule has 0 spiro atoms. The Balaban J connectivity index is 0.000000245. The van der Waals surface area contributed by atoms with Crippen LogP contribution in [0.4, 0.5) is 0 Å². The van der Waals surface area contributed by atoms with Crippen LogP contribution in [0.5, 0.6) is 11.8 Å². The molecule has 0 aliphatic heterocycles. The predicted molar refractivity (Wildman–Crippen MR) is 47.4 cm³/mol. The molecule has 0 aliphatic carbocycles. The van der Waals surface area contributed by atoms with Crippen LogP contribution in [0, 0.1) is 0 Å². The van der Waals surface area contributed by atoms with Gasteiger partial charge in [0.1, 0.15) is 0 Å². The van der Waals surface area contributed by atoms with E-state index < -0.39 is 0 Å². The standard InChI is InChI=1S/2C5H5NO.Hg/c2*7-5-3-1-2-4-6-5;/h2*1-4H,(H,6,7);/q;;+2/p-2. The van der Waals surface area contributed by atoms with E-state index in [1.165, 1.54) is 24.5 Å². The molecule has 0 radical (unpaired) electrons. The Morgan fingerprint density at radius 1 is 0.733 bits per heavy atom. The average Bonchev–Trinajstić information content (AvgIpc) is 2.21. The summed E-state index contributed by atoms with van der Waals surface area (Å²) < 4.78 is 0. The van der Waals surface area contributed by atoms with E-state index in [-0.39, 0.29) is 39.4 Å².